The van der Waals surface area contributed by atoms with Crippen molar-refractivity contribution < 1.29 is 23.1 Å². The van der Waals surface area contributed by atoms with Crippen LogP contribution in [0.3, 0.4) is 0 Å². The van der Waals surface area contributed by atoms with E-state index in [1.165, 1.54) is 0 Å². The minimum atomic E-state index is -1.62. The van der Waals surface area contributed by atoms with Crippen molar-refractivity contribution in [2.24, 2.45) is 0 Å². The van der Waals surface area contributed by atoms with Gasteiger partial charge in [0.15, 0.2) is 17.5 Å². The average Bonchev–Trinajstić information content (AvgIpc) is 2.45. The molecule has 3 nitrogen and oxygen atoms in total. The van der Waals surface area contributed by atoms with Gasteiger partial charge in [0.05, 0.1) is 0 Å². The molecule has 2 aromatic carbocycles. The van der Waals surface area contributed by atoms with Gasteiger partial charge in [-0.2, -0.15) is 0 Å². The molecule has 0 bridgehead atoms. The molecule has 1 unspecified atom stereocenters. The topological polar surface area (TPSA) is 49.3 Å². The molecule has 0 radical (unpaired) electrons. The molecule has 0 saturated heterocycles. The van der Waals surface area contributed by atoms with Crippen LogP contribution in [0.5, 0.6) is 0 Å². The van der Waals surface area contributed by atoms with Gasteiger partial charge in [0.25, 0.3) is 0 Å². The van der Waals surface area contributed by atoms with Crippen LogP contribution in [-0.4, -0.2) is 11.1 Å². The van der Waals surface area contributed by atoms with E-state index in [1.54, 1.807) is 24.3 Å². The van der Waals surface area contributed by atoms with Crippen molar-refractivity contribution in [2.75, 3.05) is 0 Å². The fourth-order valence-corrected chi connectivity index (χ4v) is 1.91. The van der Waals surface area contributed by atoms with E-state index < -0.39 is 29.5 Å². The summed E-state index contributed by atoms with van der Waals surface area (Å²) in [4.78, 5) is 11.2. The maximum Gasteiger partial charge on any atom is 0.325 e. The van der Waals surface area contributed by atoms with Crippen LogP contribution in [0, 0.1) is 17.5 Å². The van der Waals surface area contributed by atoms with Gasteiger partial charge in [0.2, 0.25) is 0 Å². The first-order chi connectivity index (χ1) is 9.99. The highest BCUT2D eigenvalue weighted by atomic mass is 19.2. The van der Waals surface area contributed by atoms with Crippen molar-refractivity contribution >= 4 is 5.97 Å². The van der Waals surface area contributed by atoms with Crippen LogP contribution in [0.2, 0.25) is 0 Å². The van der Waals surface area contributed by atoms with Gasteiger partial charge in [-0.3, -0.25) is 10.1 Å². The van der Waals surface area contributed by atoms with Crippen LogP contribution in [0.1, 0.15) is 17.2 Å². The average molecular weight is 295 g/mol. The maximum atomic E-state index is 13.2. The molecule has 0 aromatic heterocycles. The Morgan fingerprint density at radius 3 is 2.19 bits per heavy atom. The minimum absolute atomic E-state index is 0.185. The van der Waals surface area contributed by atoms with Crippen LogP contribution in [-0.2, 0) is 11.3 Å². The monoisotopic (exact) mass is 295 g/mol. The number of carbonyl (C=O) groups is 1. The minimum Gasteiger partial charge on any atom is -0.480 e. The molecule has 0 spiro atoms. The highest BCUT2D eigenvalue weighted by Crippen LogP contribution is 2.20. The molecule has 0 aliphatic rings. The highest BCUT2D eigenvalue weighted by molar-refractivity contribution is 5.75. The van der Waals surface area contributed by atoms with Gasteiger partial charge in [-0.05, 0) is 23.3 Å². The molecule has 2 aromatic rings. The van der Waals surface area contributed by atoms with Crippen molar-refractivity contribution in [1.82, 2.24) is 5.32 Å². The third-order valence-electron chi connectivity index (χ3n) is 2.94. The van der Waals surface area contributed by atoms with Crippen molar-refractivity contribution in [3.63, 3.8) is 0 Å². The lowest BCUT2D eigenvalue weighted by molar-refractivity contribution is -0.139. The van der Waals surface area contributed by atoms with E-state index >= 15 is 0 Å². The molecule has 0 aliphatic carbocycles. The smallest absolute Gasteiger partial charge is 0.325 e. The summed E-state index contributed by atoms with van der Waals surface area (Å²) >= 11 is 0. The molecule has 1 atom stereocenters. The van der Waals surface area contributed by atoms with E-state index in [4.69, 9.17) is 5.11 Å². The molecule has 0 heterocycles. The Hall–Kier alpha value is -2.34. The van der Waals surface area contributed by atoms with Gasteiger partial charge < -0.3 is 5.11 Å². The maximum absolute atomic E-state index is 13.2. The molecule has 21 heavy (non-hydrogen) atoms. The predicted molar refractivity (Wildman–Crippen MR) is 70.0 cm³/mol. The SMILES string of the molecule is O=C(O)C(NCc1ccccc1)c1cc(F)c(F)c(F)c1. The molecule has 0 fully saturated rings. The molecule has 0 amide bonds. The van der Waals surface area contributed by atoms with Crippen LogP contribution in [0.25, 0.3) is 0 Å². The molecule has 6 heteroatoms. The summed E-state index contributed by atoms with van der Waals surface area (Å²) in [6.07, 6.45) is 0. The first kappa shape index (κ1) is 15.1. The number of halogens is 3. The Kier molecular flexibility index (Phi) is 4.59. The molecule has 110 valence electrons. The number of hydrogen-bond acceptors (Lipinski definition) is 2. The van der Waals surface area contributed by atoms with E-state index in [-0.39, 0.29) is 12.1 Å². The van der Waals surface area contributed by atoms with Crippen LogP contribution in [0.15, 0.2) is 42.5 Å². The lowest BCUT2D eigenvalue weighted by atomic mass is 10.1. The lowest BCUT2D eigenvalue weighted by Crippen LogP contribution is -2.28. The number of carboxylic acids is 1. The Labute approximate surface area is 119 Å². The van der Waals surface area contributed by atoms with E-state index in [9.17, 15) is 18.0 Å². The van der Waals surface area contributed by atoms with Gasteiger partial charge in [-0.15, -0.1) is 0 Å². The standard InChI is InChI=1S/C15H12F3NO2/c16-11-6-10(7-12(17)13(11)18)14(15(20)21)19-8-9-4-2-1-3-5-9/h1-7,14,19H,8H2,(H,20,21). The van der Waals surface area contributed by atoms with Crippen LogP contribution in [0.4, 0.5) is 13.2 Å². The summed E-state index contributed by atoms with van der Waals surface area (Å²) in [6, 6.07) is 8.94. The summed E-state index contributed by atoms with van der Waals surface area (Å²) in [5.74, 6) is -5.77. The summed E-state index contributed by atoms with van der Waals surface area (Å²) in [6.45, 7) is 0.193. The molecule has 2 rings (SSSR count). The van der Waals surface area contributed by atoms with Crippen molar-refractivity contribution in [3.05, 3.63) is 71.0 Å². The summed E-state index contributed by atoms with van der Waals surface area (Å²) < 4.78 is 39.3. The highest BCUT2D eigenvalue weighted by Gasteiger charge is 2.22. The quantitative estimate of drug-likeness (QED) is 0.834. The van der Waals surface area contributed by atoms with Gasteiger partial charge in [0.1, 0.15) is 6.04 Å². The lowest BCUT2D eigenvalue weighted by Gasteiger charge is -2.15. The molecule has 2 N–H and O–H groups in total. The number of carboxylic acid groups (broad SMARTS) is 1. The second-order valence-electron chi connectivity index (χ2n) is 4.44. The van der Waals surface area contributed by atoms with E-state index in [1.807, 2.05) is 6.07 Å². The number of nitrogens with one attached hydrogen (secondary N) is 1. The first-order valence-corrected chi connectivity index (χ1v) is 6.13. The third-order valence-corrected chi connectivity index (χ3v) is 2.94. The zero-order valence-corrected chi connectivity index (χ0v) is 10.8. The van der Waals surface area contributed by atoms with Gasteiger partial charge in [-0.25, -0.2) is 13.2 Å². The van der Waals surface area contributed by atoms with Crippen molar-refractivity contribution in [1.29, 1.82) is 0 Å². The second kappa shape index (κ2) is 6.41. The number of rotatable bonds is 5. The fraction of sp³-hybridized carbons (Fsp3) is 0.133. The fourth-order valence-electron chi connectivity index (χ4n) is 1.91. The number of hydrogen-bond donors (Lipinski definition) is 2. The molecule has 0 saturated carbocycles. The number of benzene rings is 2. The molecular weight excluding hydrogens is 283 g/mol. The zero-order valence-electron chi connectivity index (χ0n) is 10.8. The second-order valence-corrected chi connectivity index (χ2v) is 4.44. The van der Waals surface area contributed by atoms with Crippen molar-refractivity contribution in [2.45, 2.75) is 12.6 Å². The predicted octanol–water partition coefficient (Wildman–Crippen LogP) is 3.02. The van der Waals surface area contributed by atoms with E-state index in [2.05, 4.69) is 5.32 Å². The first-order valence-electron chi connectivity index (χ1n) is 6.13. The van der Waals surface area contributed by atoms with Crippen LogP contribution < -0.4 is 5.32 Å². The van der Waals surface area contributed by atoms with Gasteiger partial charge in [-0.1, -0.05) is 30.3 Å². The van der Waals surface area contributed by atoms with E-state index in [0.717, 1.165) is 5.56 Å². The Morgan fingerprint density at radius 1 is 1.10 bits per heavy atom. The summed E-state index contributed by atoms with van der Waals surface area (Å²) in [7, 11) is 0. The Morgan fingerprint density at radius 2 is 1.67 bits per heavy atom. The Balaban J connectivity index is 2.21. The summed E-state index contributed by atoms with van der Waals surface area (Å²) in [5, 5.41) is 11.8. The van der Waals surface area contributed by atoms with Gasteiger partial charge in [0, 0.05) is 6.54 Å². The summed E-state index contributed by atoms with van der Waals surface area (Å²) in [5.41, 5.74) is 0.627. The van der Waals surface area contributed by atoms with Gasteiger partial charge >= 0.3 is 5.97 Å². The molecular formula is C15H12F3NO2. The zero-order chi connectivity index (χ0) is 15.4. The normalized spacial score (nSPS) is 12.1. The Bertz CT molecular complexity index is 624. The van der Waals surface area contributed by atoms with E-state index in [0.29, 0.717) is 12.1 Å². The molecule has 0 aliphatic heterocycles. The van der Waals surface area contributed by atoms with Crippen LogP contribution >= 0.6 is 0 Å². The largest absolute Gasteiger partial charge is 0.480 e. The third kappa shape index (κ3) is 3.61. The number of aliphatic carboxylic acids is 1. The van der Waals surface area contributed by atoms with Crippen molar-refractivity contribution in [3.8, 4) is 0 Å².